The van der Waals surface area contributed by atoms with Gasteiger partial charge in [0.15, 0.2) is 0 Å². The van der Waals surface area contributed by atoms with Gasteiger partial charge < -0.3 is 10.6 Å². The molecule has 0 atom stereocenters. The van der Waals surface area contributed by atoms with E-state index in [-0.39, 0.29) is 5.91 Å². The predicted octanol–water partition coefficient (Wildman–Crippen LogP) is 4.20. The molecule has 0 aliphatic heterocycles. The number of amides is 1. The van der Waals surface area contributed by atoms with Gasteiger partial charge in [0, 0.05) is 29.4 Å². The van der Waals surface area contributed by atoms with Crippen molar-refractivity contribution in [3.8, 4) is 0 Å². The molecule has 128 valence electrons. The molecular weight excluding hydrogens is 318 g/mol. The van der Waals surface area contributed by atoms with Crippen molar-refractivity contribution >= 4 is 23.5 Å². The fraction of sp³-hybridized carbons (Fsp3) is 0.368. The van der Waals surface area contributed by atoms with Crippen LogP contribution in [0, 0.1) is 0 Å². The molecule has 24 heavy (non-hydrogen) atoms. The Kier molecular flexibility index (Phi) is 7.62. The number of carbonyl (C=O) groups excluding carboxylic acids is 1. The summed E-state index contributed by atoms with van der Waals surface area (Å²) in [4.78, 5) is 17.6. The monoisotopic (exact) mass is 343 g/mol. The number of thioether (sulfide) groups is 1. The minimum Gasteiger partial charge on any atom is -0.370 e. The first-order valence-electron chi connectivity index (χ1n) is 8.35. The summed E-state index contributed by atoms with van der Waals surface area (Å²) in [6, 6.07) is 13.6. The van der Waals surface area contributed by atoms with Crippen molar-refractivity contribution in [2.75, 3.05) is 18.4 Å². The van der Waals surface area contributed by atoms with E-state index in [4.69, 9.17) is 0 Å². The van der Waals surface area contributed by atoms with Gasteiger partial charge in [0.25, 0.3) is 5.91 Å². The third-order valence-electron chi connectivity index (χ3n) is 3.35. The van der Waals surface area contributed by atoms with Crippen LogP contribution < -0.4 is 10.6 Å². The summed E-state index contributed by atoms with van der Waals surface area (Å²) in [6.45, 7) is 5.80. The van der Waals surface area contributed by atoms with Crippen LogP contribution in [0.4, 0.5) is 5.82 Å². The van der Waals surface area contributed by atoms with Gasteiger partial charge >= 0.3 is 0 Å². The van der Waals surface area contributed by atoms with Crippen LogP contribution in [0.5, 0.6) is 0 Å². The van der Waals surface area contributed by atoms with Crippen molar-refractivity contribution in [2.24, 2.45) is 0 Å². The molecule has 2 aromatic rings. The van der Waals surface area contributed by atoms with Crippen LogP contribution in [0.1, 0.15) is 37.0 Å². The van der Waals surface area contributed by atoms with E-state index in [9.17, 15) is 4.79 Å². The number of nitrogens with zero attached hydrogens (tertiary/aromatic N) is 1. The van der Waals surface area contributed by atoms with Gasteiger partial charge in [-0.1, -0.05) is 32.0 Å². The van der Waals surface area contributed by atoms with Crippen molar-refractivity contribution in [1.82, 2.24) is 10.3 Å². The summed E-state index contributed by atoms with van der Waals surface area (Å²) in [6.07, 6.45) is 3.69. The summed E-state index contributed by atoms with van der Waals surface area (Å²) in [5.41, 5.74) is 0.766. The van der Waals surface area contributed by atoms with E-state index in [1.165, 1.54) is 0 Å². The summed E-state index contributed by atoms with van der Waals surface area (Å²) >= 11 is 1.72. The van der Waals surface area contributed by atoms with Crippen LogP contribution in [0.25, 0.3) is 0 Å². The molecule has 1 amide bonds. The van der Waals surface area contributed by atoms with Gasteiger partial charge in [-0.25, -0.2) is 4.98 Å². The van der Waals surface area contributed by atoms with Gasteiger partial charge in [-0.3, -0.25) is 4.79 Å². The molecule has 0 saturated heterocycles. The highest BCUT2D eigenvalue weighted by atomic mass is 32.2. The van der Waals surface area contributed by atoms with Gasteiger partial charge in [-0.15, -0.1) is 11.8 Å². The molecule has 2 N–H and O–H groups in total. The second-order valence-electron chi connectivity index (χ2n) is 5.77. The Hall–Kier alpha value is -2.01. The Balaban J connectivity index is 1.70. The molecule has 0 spiro atoms. The standard InChI is InChI=1S/C19H25N3OS/c1-15(2)24-17-10-4-3-9-16(17)19(23)22-14-8-7-13-21-18-11-5-6-12-20-18/h3-6,9-12,15H,7-8,13-14H2,1-2H3,(H,20,21)(H,22,23). The van der Waals surface area contributed by atoms with Crippen molar-refractivity contribution < 1.29 is 4.79 Å². The fourth-order valence-corrected chi connectivity index (χ4v) is 3.19. The zero-order valence-corrected chi connectivity index (χ0v) is 15.1. The Morgan fingerprint density at radius 1 is 1.08 bits per heavy atom. The van der Waals surface area contributed by atoms with Crippen LogP contribution >= 0.6 is 11.8 Å². The molecule has 1 aromatic heterocycles. The first kappa shape index (κ1) is 18.3. The average Bonchev–Trinajstić information content (AvgIpc) is 2.58. The molecule has 0 aliphatic carbocycles. The molecule has 0 bridgehead atoms. The van der Waals surface area contributed by atoms with Gasteiger partial charge in [0.2, 0.25) is 0 Å². The molecule has 0 aliphatic rings. The van der Waals surface area contributed by atoms with E-state index in [1.807, 2.05) is 42.5 Å². The highest BCUT2D eigenvalue weighted by molar-refractivity contribution is 8.00. The molecule has 1 aromatic carbocycles. The Labute approximate surface area is 148 Å². The fourth-order valence-electron chi connectivity index (χ4n) is 2.24. The van der Waals surface area contributed by atoms with Crippen LogP contribution in [0.15, 0.2) is 53.6 Å². The number of rotatable bonds is 9. The number of hydrogen-bond donors (Lipinski definition) is 2. The van der Waals surface area contributed by atoms with E-state index in [2.05, 4.69) is 29.5 Å². The number of benzene rings is 1. The highest BCUT2D eigenvalue weighted by Crippen LogP contribution is 2.26. The molecule has 1 heterocycles. The van der Waals surface area contributed by atoms with E-state index in [0.717, 1.165) is 35.7 Å². The zero-order valence-electron chi connectivity index (χ0n) is 14.3. The summed E-state index contributed by atoms with van der Waals surface area (Å²) in [7, 11) is 0. The van der Waals surface area contributed by atoms with Crippen molar-refractivity contribution in [3.05, 3.63) is 54.2 Å². The molecule has 2 rings (SSSR count). The first-order chi connectivity index (χ1) is 11.7. The van der Waals surface area contributed by atoms with Crippen LogP contribution in [0.2, 0.25) is 0 Å². The number of aromatic nitrogens is 1. The minimum absolute atomic E-state index is 0.0106. The SMILES string of the molecule is CC(C)Sc1ccccc1C(=O)NCCCCNc1ccccn1. The minimum atomic E-state index is 0.0106. The Bertz CT molecular complexity index is 632. The van der Waals surface area contributed by atoms with Gasteiger partial charge in [0.1, 0.15) is 5.82 Å². The number of carbonyl (C=O) groups is 1. The Morgan fingerprint density at radius 2 is 1.83 bits per heavy atom. The van der Waals surface area contributed by atoms with Crippen molar-refractivity contribution in [2.45, 2.75) is 36.8 Å². The lowest BCUT2D eigenvalue weighted by Gasteiger charge is -2.11. The van der Waals surface area contributed by atoms with E-state index < -0.39 is 0 Å². The number of anilines is 1. The third-order valence-corrected chi connectivity index (χ3v) is 4.44. The average molecular weight is 343 g/mol. The van der Waals surface area contributed by atoms with Crippen LogP contribution in [-0.4, -0.2) is 29.2 Å². The second-order valence-corrected chi connectivity index (χ2v) is 7.39. The number of pyridine rings is 1. The predicted molar refractivity (Wildman–Crippen MR) is 102 cm³/mol. The van der Waals surface area contributed by atoms with Gasteiger partial charge in [0.05, 0.1) is 5.56 Å². The zero-order chi connectivity index (χ0) is 17.2. The number of nitrogens with one attached hydrogen (secondary N) is 2. The molecule has 0 unspecified atom stereocenters. The summed E-state index contributed by atoms with van der Waals surface area (Å²) in [5, 5.41) is 6.74. The van der Waals surface area contributed by atoms with Gasteiger partial charge in [-0.2, -0.15) is 0 Å². The smallest absolute Gasteiger partial charge is 0.252 e. The number of hydrogen-bond acceptors (Lipinski definition) is 4. The topological polar surface area (TPSA) is 54.0 Å². The summed E-state index contributed by atoms with van der Waals surface area (Å²) in [5.74, 6) is 0.901. The lowest BCUT2D eigenvalue weighted by Crippen LogP contribution is -2.25. The van der Waals surface area contributed by atoms with Crippen molar-refractivity contribution in [3.63, 3.8) is 0 Å². The maximum Gasteiger partial charge on any atom is 0.252 e. The molecule has 4 nitrogen and oxygen atoms in total. The van der Waals surface area contributed by atoms with Crippen LogP contribution in [0.3, 0.4) is 0 Å². The maximum atomic E-state index is 12.4. The normalized spacial score (nSPS) is 10.6. The maximum absolute atomic E-state index is 12.4. The van der Waals surface area contributed by atoms with E-state index >= 15 is 0 Å². The number of unbranched alkanes of at least 4 members (excludes halogenated alkanes) is 1. The van der Waals surface area contributed by atoms with Crippen molar-refractivity contribution in [1.29, 1.82) is 0 Å². The lowest BCUT2D eigenvalue weighted by molar-refractivity contribution is 0.0950. The summed E-state index contributed by atoms with van der Waals surface area (Å²) < 4.78 is 0. The van der Waals surface area contributed by atoms with E-state index in [0.29, 0.717) is 11.8 Å². The second kappa shape index (κ2) is 9.98. The third kappa shape index (κ3) is 6.24. The molecule has 5 heteroatoms. The van der Waals surface area contributed by atoms with Crippen LogP contribution in [-0.2, 0) is 0 Å². The quantitative estimate of drug-likeness (QED) is 0.529. The molecule has 0 fully saturated rings. The Morgan fingerprint density at radius 3 is 2.58 bits per heavy atom. The van der Waals surface area contributed by atoms with Gasteiger partial charge in [-0.05, 0) is 37.1 Å². The van der Waals surface area contributed by atoms with E-state index in [1.54, 1.807) is 18.0 Å². The largest absolute Gasteiger partial charge is 0.370 e. The molecule has 0 saturated carbocycles. The first-order valence-corrected chi connectivity index (χ1v) is 9.23. The molecular formula is C19H25N3OS. The molecule has 0 radical (unpaired) electrons. The lowest BCUT2D eigenvalue weighted by atomic mass is 10.2. The highest BCUT2D eigenvalue weighted by Gasteiger charge is 2.11.